The number of rotatable bonds is 4. The van der Waals surface area contributed by atoms with Gasteiger partial charge in [-0.25, -0.2) is 13.1 Å². The second-order valence-electron chi connectivity index (χ2n) is 4.78. The molecule has 0 aliphatic rings. The minimum absolute atomic E-state index is 0.114. The lowest BCUT2D eigenvalue weighted by Crippen LogP contribution is -2.28. The van der Waals surface area contributed by atoms with E-state index in [1.807, 2.05) is 24.3 Å². The second kappa shape index (κ2) is 4.98. The Morgan fingerprint density at radius 3 is 2.57 bits per heavy atom. The lowest BCUT2D eigenvalue weighted by molar-refractivity contribution is -0.115. The van der Waals surface area contributed by atoms with E-state index in [2.05, 4.69) is 4.72 Å². The minimum Gasteiger partial charge on any atom is -0.456 e. The van der Waals surface area contributed by atoms with Gasteiger partial charge in [-0.3, -0.25) is 4.79 Å². The first kappa shape index (κ1) is 13.8. The fraction of sp³-hybridized carbons (Fsp3) is 0.133. The summed E-state index contributed by atoms with van der Waals surface area (Å²) in [5.41, 5.74) is 1.33. The molecule has 108 valence electrons. The van der Waals surface area contributed by atoms with Crippen LogP contribution in [0, 0.1) is 0 Å². The number of nitrogens with one attached hydrogen (secondary N) is 1. The van der Waals surface area contributed by atoms with Crippen molar-refractivity contribution < 1.29 is 17.6 Å². The molecule has 2 aromatic carbocycles. The molecule has 3 aromatic rings. The Hall–Kier alpha value is -2.18. The third-order valence-electron chi connectivity index (χ3n) is 3.17. The first-order valence-corrected chi connectivity index (χ1v) is 7.86. The molecule has 0 atom stereocenters. The molecule has 0 spiro atoms. The number of hydrogen-bond donors (Lipinski definition) is 1. The van der Waals surface area contributed by atoms with Gasteiger partial charge in [-0.05, 0) is 31.2 Å². The van der Waals surface area contributed by atoms with E-state index < -0.39 is 10.0 Å². The maximum Gasteiger partial charge on any atom is 0.240 e. The molecule has 1 N–H and O–H groups in total. The van der Waals surface area contributed by atoms with Crippen molar-refractivity contribution in [1.29, 1.82) is 0 Å². The summed E-state index contributed by atoms with van der Waals surface area (Å²) in [4.78, 5) is 11.0. The third-order valence-corrected chi connectivity index (χ3v) is 4.57. The van der Waals surface area contributed by atoms with Crippen LogP contribution in [0.5, 0.6) is 0 Å². The van der Waals surface area contributed by atoms with Gasteiger partial charge in [0.05, 0.1) is 11.4 Å². The zero-order chi connectivity index (χ0) is 15.0. The molecule has 0 bridgehead atoms. The Morgan fingerprint density at radius 1 is 1.10 bits per heavy atom. The summed E-state index contributed by atoms with van der Waals surface area (Å²) in [7, 11) is -3.71. The quantitative estimate of drug-likeness (QED) is 0.803. The first-order valence-electron chi connectivity index (χ1n) is 6.38. The Kier molecular flexibility index (Phi) is 3.27. The van der Waals surface area contributed by atoms with Gasteiger partial charge in [0.15, 0.2) is 0 Å². The number of carbonyl (C=O) groups excluding carboxylic acids is 1. The maximum atomic E-state index is 12.1. The van der Waals surface area contributed by atoms with Gasteiger partial charge < -0.3 is 4.42 Å². The van der Waals surface area contributed by atoms with E-state index in [-0.39, 0.29) is 17.2 Å². The molecule has 0 radical (unpaired) electrons. The van der Waals surface area contributed by atoms with E-state index in [1.54, 1.807) is 12.1 Å². The van der Waals surface area contributed by atoms with Crippen LogP contribution in [0.4, 0.5) is 0 Å². The van der Waals surface area contributed by atoms with Gasteiger partial charge in [0, 0.05) is 10.8 Å². The highest BCUT2D eigenvalue weighted by molar-refractivity contribution is 7.89. The van der Waals surface area contributed by atoms with Crippen molar-refractivity contribution in [3.05, 3.63) is 42.5 Å². The van der Waals surface area contributed by atoms with Crippen LogP contribution in [0.2, 0.25) is 0 Å². The molecule has 0 aliphatic carbocycles. The minimum atomic E-state index is -3.71. The maximum absolute atomic E-state index is 12.1. The lowest BCUT2D eigenvalue weighted by Gasteiger charge is -2.04. The van der Waals surface area contributed by atoms with Crippen LogP contribution < -0.4 is 4.72 Å². The largest absolute Gasteiger partial charge is 0.456 e. The van der Waals surface area contributed by atoms with Gasteiger partial charge in [-0.2, -0.15) is 0 Å². The van der Waals surface area contributed by atoms with E-state index in [0.29, 0.717) is 11.2 Å². The van der Waals surface area contributed by atoms with Gasteiger partial charge in [-0.1, -0.05) is 18.2 Å². The number of Topliss-reactive ketones (excluding diaryl/α,β-unsaturated/α-hetero) is 1. The third kappa shape index (κ3) is 2.55. The van der Waals surface area contributed by atoms with Crippen molar-refractivity contribution in [2.75, 3.05) is 6.54 Å². The number of sulfonamides is 1. The fourth-order valence-electron chi connectivity index (χ4n) is 2.15. The average molecular weight is 303 g/mol. The van der Waals surface area contributed by atoms with E-state index in [0.717, 1.165) is 10.8 Å². The van der Waals surface area contributed by atoms with Gasteiger partial charge in [0.25, 0.3) is 0 Å². The van der Waals surface area contributed by atoms with Crippen LogP contribution in [-0.2, 0) is 14.8 Å². The summed E-state index contributed by atoms with van der Waals surface area (Å²) in [6.45, 7) is 1.11. The molecular weight excluding hydrogens is 290 g/mol. The van der Waals surface area contributed by atoms with E-state index >= 15 is 0 Å². The number of benzene rings is 2. The molecule has 3 rings (SSSR count). The standard InChI is InChI=1S/C15H13NO4S/c1-10(17)9-16-21(18,19)11-6-7-15-13(8-11)12-4-2-3-5-14(12)20-15/h2-8,16H,9H2,1H3. The number of hydrogen-bond acceptors (Lipinski definition) is 4. The van der Waals surface area contributed by atoms with Crippen LogP contribution in [0.15, 0.2) is 51.8 Å². The number of furan rings is 1. The van der Waals surface area contributed by atoms with Gasteiger partial charge >= 0.3 is 0 Å². The second-order valence-corrected chi connectivity index (χ2v) is 6.55. The van der Waals surface area contributed by atoms with Crippen molar-refractivity contribution in [3.63, 3.8) is 0 Å². The molecule has 1 aromatic heterocycles. The molecular formula is C15H13NO4S. The summed E-state index contributed by atoms with van der Waals surface area (Å²) >= 11 is 0. The van der Waals surface area contributed by atoms with Crippen molar-refractivity contribution in [2.24, 2.45) is 0 Å². The summed E-state index contributed by atoms with van der Waals surface area (Å²) < 4.78 is 32.2. The average Bonchev–Trinajstić information content (AvgIpc) is 2.83. The van der Waals surface area contributed by atoms with Gasteiger partial charge in [0.2, 0.25) is 10.0 Å². The number of para-hydroxylation sites is 1. The molecule has 1 heterocycles. The summed E-state index contributed by atoms with van der Waals surface area (Å²) in [6.07, 6.45) is 0. The molecule has 21 heavy (non-hydrogen) atoms. The van der Waals surface area contributed by atoms with Crippen molar-refractivity contribution in [3.8, 4) is 0 Å². The monoisotopic (exact) mass is 303 g/mol. The SMILES string of the molecule is CC(=O)CNS(=O)(=O)c1ccc2oc3ccccc3c2c1. The predicted molar refractivity (Wildman–Crippen MR) is 79.6 cm³/mol. The molecule has 0 saturated carbocycles. The number of carbonyl (C=O) groups is 1. The van der Waals surface area contributed by atoms with Gasteiger partial charge in [-0.15, -0.1) is 0 Å². The highest BCUT2D eigenvalue weighted by Gasteiger charge is 2.16. The van der Waals surface area contributed by atoms with E-state index in [9.17, 15) is 13.2 Å². The molecule has 0 amide bonds. The van der Waals surface area contributed by atoms with Crippen molar-refractivity contribution >= 4 is 37.7 Å². The Labute approximate surface area is 121 Å². The molecule has 0 fully saturated rings. The van der Waals surface area contributed by atoms with E-state index in [4.69, 9.17) is 4.42 Å². The summed E-state index contributed by atoms with van der Waals surface area (Å²) in [5.74, 6) is -0.242. The topological polar surface area (TPSA) is 76.4 Å². The highest BCUT2D eigenvalue weighted by Crippen LogP contribution is 2.30. The summed E-state index contributed by atoms with van der Waals surface area (Å²) in [6, 6.07) is 12.1. The highest BCUT2D eigenvalue weighted by atomic mass is 32.2. The van der Waals surface area contributed by atoms with Crippen molar-refractivity contribution in [2.45, 2.75) is 11.8 Å². The molecule has 6 heteroatoms. The van der Waals surface area contributed by atoms with Crippen molar-refractivity contribution in [1.82, 2.24) is 4.72 Å². The number of ketones is 1. The number of fused-ring (bicyclic) bond motifs is 3. The predicted octanol–water partition coefficient (Wildman–Crippen LogP) is 2.45. The molecule has 0 aliphatic heterocycles. The Bertz CT molecular complexity index is 941. The molecule has 0 unspecified atom stereocenters. The lowest BCUT2D eigenvalue weighted by atomic mass is 10.1. The fourth-order valence-corrected chi connectivity index (χ4v) is 3.23. The van der Waals surface area contributed by atoms with Gasteiger partial charge in [0.1, 0.15) is 16.9 Å². The zero-order valence-electron chi connectivity index (χ0n) is 11.3. The Balaban J connectivity index is 2.12. The molecule has 5 nitrogen and oxygen atoms in total. The Morgan fingerprint density at radius 2 is 1.81 bits per heavy atom. The van der Waals surface area contributed by atoms with Crippen LogP contribution in [0.1, 0.15) is 6.92 Å². The van der Waals surface area contributed by atoms with Crippen LogP contribution in [0.3, 0.4) is 0 Å². The normalized spacial score (nSPS) is 12.0. The van der Waals surface area contributed by atoms with Crippen LogP contribution in [0.25, 0.3) is 21.9 Å². The zero-order valence-corrected chi connectivity index (χ0v) is 12.1. The van der Waals surface area contributed by atoms with Crippen LogP contribution in [-0.4, -0.2) is 20.7 Å². The van der Waals surface area contributed by atoms with E-state index in [1.165, 1.54) is 13.0 Å². The molecule has 0 saturated heterocycles. The van der Waals surface area contributed by atoms with Crippen LogP contribution >= 0.6 is 0 Å². The smallest absolute Gasteiger partial charge is 0.240 e. The first-order chi connectivity index (χ1) is 9.97. The summed E-state index contributed by atoms with van der Waals surface area (Å²) in [5, 5.41) is 1.59.